The highest BCUT2D eigenvalue weighted by Gasteiger charge is 2.28. The monoisotopic (exact) mass is 350 g/mol. The summed E-state index contributed by atoms with van der Waals surface area (Å²) >= 11 is 0. The third-order valence-corrected chi connectivity index (χ3v) is 4.76. The summed E-state index contributed by atoms with van der Waals surface area (Å²) in [6.45, 7) is 1.94. The molecule has 1 aliphatic carbocycles. The van der Waals surface area contributed by atoms with E-state index in [4.69, 9.17) is 10.00 Å². The van der Waals surface area contributed by atoms with Crippen LogP contribution in [0.5, 0.6) is 5.88 Å². The number of nitrogens with one attached hydrogen (secondary N) is 2. The van der Waals surface area contributed by atoms with Crippen molar-refractivity contribution in [3.05, 3.63) is 42.1 Å². The molecule has 0 radical (unpaired) electrons. The van der Waals surface area contributed by atoms with Crippen LogP contribution in [0.4, 0.5) is 10.5 Å². The van der Waals surface area contributed by atoms with E-state index in [0.29, 0.717) is 5.88 Å². The molecule has 6 heteroatoms. The molecule has 1 saturated carbocycles. The molecule has 2 aromatic rings. The van der Waals surface area contributed by atoms with Crippen molar-refractivity contribution in [3.63, 3.8) is 0 Å². The highest BCUT2D eigenvalue weighted by Crippen LogP contribution is 2.27. The van der Waals surface area contributed by atoms with E-state index in [1.54, 1.807) is 19.4 Å². The lowest BCUT2D eigenvalue weighted by Gasteiger charge is -2.17. The molecule has 2 amide bonds. The standard InChI is InChI=1S/C20H22N4O2/c1-13-6-7-14(16-8-9-19(26-2)22-12-16)10-18(13)24-20(25)23-17-5-3-4-15(17)11-21/h6-10,12,15,17H,3-5H2,1-2H3,(H2,23,24,25). The first kappa shape index (κ1) is 17.7. The Bertz CT molecular complexity index is 827. The molecule has 1 aromatic carbocycles. The van der Waals surface area contributed by atoms with Crippen LogP contribution in [0.15, 0.2) is 36.5 Å². The van der Waals surface area contributed by atoms with Gasteiger partial charge in [0.15, 0.2) is 0 Å². The number of pyridine rings is 1. The average Bonchev–Trinajstić information content (AvgIpc) is 3.10. The number of aryl methyl sites for hydroxylation is 1. The molecule has 0 bridgehead atoms. The molecule has 26 heavy (non-hydrogen) atoms. The van der Waals surface area contributed by atoms with Gasteiger partial charge in [0.05, 0.1) is 19.1 Å². The number of ether oxygens (including phenoxy) is 1. The SMILES string of the molecule is COc1ccc(-c2ccc(C)c(NC(=O)NC3CCCC3C#N)c2)cn1. The van der Waals surface area contributed by atoms with E-state index in [1.165, 1.54) is 0 Å². The first-order valence-corrected chi connectivity index (χ1v) is 8.69. The fourth-order valence-corrected chi connectivity index (χ4v) is 3.22. The van der Waals surface area contributed by atoms with E-state index >= 15 is 0 Å². The Hall–Kier alpha value is -3.07. The third kappa shape index (κ3) is 3.94. The minimum atomic E-state index is -0.273. The van der Waals surface area contributed by atoms with Crippen molar-refractivity contribution < 1.29 is 9.53 Å². The van der Waals surface area contributed by atoms with Crippen LogP contribution in [0.1, 0.15) is 24.8 Å². The largest absolute Gasteiger partial charge is 0.481 e. The van der Waals surface area contributed by atoms with Crippen molar-refractivity contribution in [2.75, 3.05) is 12.4 Å². The Labute approximate surface area is 153 Å². The smallest absolute Gasteiger partial charge is 0.319 e. The lowest BCUT2D eigenvalue weighted by molar-refractivity contribution is 0.247. The van der Waals surface area contributed by atoms with Gasteiger partial charge in [-0.3, -0.25) is 0 Å². The molecule has 2 unspecified atom stereocenters. The molecule has 0 spiro atoms. The molecule has 1 aromatic heterocycles. The van der Waals surface area contributed by atoms with Crippen molar-refractivity contribution in [2.24, 2.45) is 5.92 Å². The summed E-state index contributed by atoms with van der Waals surface area (Å²) in [5.41, 5.74) is 3.60. The van der Waals surface area contributed by atoms with E-state index in [2.05, 4.69) is 21.7 Å². The van der Waals surface area contributed by atoms with Gasteiger partial charge in [0.1, 0.15) is 0 Å². The summed E-state index contributed by atoms with van der Waals surface area (Å²) in [6.07, 6.45) is 4.41. The maximum absolute atomic E-state index is 12.4. The summed E-state index contributed by atoms with van der Waals surface area (Å²) in [7, 11) is 1.58. The van der Waals surface area contributed by atoms with E-state index in [-0.39, 0.29) is 18.0 Å². The van der Waals surface area contributed by atoms with Gasteiger partial charge in [-0.05, 0) is 49.4 Å². The molecule has 134 valence electrons. The normalized spacial score (nSPS) is 18.8. The number of benzene rings is 1. The fourth-order valence-electron chi connectivity index (χ4n) is 3.22. The minimum absolute atomic E-state index is 0.0747. The zero-order valence-electron chi connectivity index (χ0n) is 15.0. The van der Waals surface area contributed by atoms with E-state index < -0.39 is 0 Å². The predicted octanol–water partition coefficient (Wildman–Crippen LogP) is 3.88. The third-order valence-electron chi connectivity index (χ3n) is 4.76. The number of urea groups is 1. The number of amides is 2. The summed E-state index contributed by atoms with van der Waals surface area (Å²) in [6, 6.07) is 11.5. The Morgan fingerprint density at radius 2 is 2.08 bits per heavy atom. The highest BCUT2D eigenvalue weighted by atomic mass is 16.5. The molecule has 1 aliphatic rings. The molecule has 1 fully saturated rings. The second-order valence-electron chi connectivity index (χ2n) is 6.49. The van der Waals surface area contributed by atoms with Crippen LogP contribution in [0.2, 0.25) is 0 Å². The van der Waals surface area contributed by atoms with Gasteiger partial charge in [-0.25, -0.2) is 9.78 Å². The Morgan fingerprint density at radius 3 is 2.77 bits per heavy atom. The Kier molecular flexibility index (Phi) is 5.37. The van der Waals surface area contributed by atoms with Gasteiger partial charge in [-0.1, -0.05) is 12.1 Å². The molecule has 2 N–H and O–H groups in total. The number of aromatic nitrogens is 1. The number of hydrogen-bond acceptors (Lipinski definition) is 4. The van der Waals surface area contributed by atoms with Gasteiger partial charge in [0.25, 0.3) is 0 Å². The van der Waals surface area contributed by atoms with Crippen LogP contribution in [-0.2, 0) is 0 Å². The lowest BCUT2D eigenvalue weighted by atomic mass is 10.0. The molecular weight excluding hydrogens is 328 g/mol. The summed E-state index contributed by atoms with van der Waals surface area (Å²) < 4.78 is 5.08. The van der Waals surface area contributed by atoms with Crippen LogP contribution in [0.25, 0.3) is 11.1 Å². The van der Waals surface area contributed by atoms with E-state index in [1.807, 2.05) is 31.2 Å². The fraction of sp³-hybridized carbons (Fsp3) is 0.350. The molecule has 3 rings (SSSR count). The number of nitriles is 1. The molecule has 2 atom stereocenters. The number of methoxy groups -OCH3 is 1. The van der Waals surface area contributed by atoms with Crippen molar-refractivity contribution in [2.45, 2.75) is 32.2 Å². The van der Waals surface area contributed by atoms with Crippen LogP contribution < -0.4 is 15.4 Å². The second-order valence-corrected chi connectivity index (χ2v) is 6.49. The second kappa shape index (κ2) is 7.87. The van der Waals surface area contributed by atoms with E-state index in [0.717, 1.165) is 41.6 Å². The predicted molar refractivity (Wildman–Crippen MR) is 99.9 cm³/mol. The van der Waals surface area contributed by atoms with Gasteiger partial charge in [-0.15, -0.1) is 0 Å². The maximum Gasteiger partial charge on any atom is 0.319 e. The lowest BCUT2D eigenvalue weighted by Crippen LogP contribution is -2.39. The number of hydrogen-bond donors (Lipinski definition) is 2. The van der Waals surface area contributed by atoms with Crippen molar-refractivity contribution >= 4 is 11.7 Å². The summed E-state index contributed by atoms with van der Waals surface area (Å²) in [5, 5.41) is 15.0. The zero-order valence-corrected chi connectivity index (χ0v) is 15.0. The van der Waals surface area contributed by atoms with Gasteiger partial charge < -0.3 is 15.4 Å². The average molecular weight is 350 g/mol. The molecule has 6 nitrogen and oxygen atoms in total. The van der Waals surface area contributed by atoms with Crippen LogP contribution >= 0.6 is 0 Å². The number of nitrogens with zero attached hydrogens (tertiary/aromatic N) is 2. The highest BCUT2D eigenvalue weighted by molar-refractivity contribution is 5.91. The quantitative estimate of drug-likeness (QED) is 0.876. The number of rotatable bonds is 4. The molecular formula is C20H22N4O2. The maximum atomic E-state index is 12.4. The molecule has 0 aliphatic heterocycles. The number of carbonyl (C=O) groups excluding carboxylic acids is 1. The zero-order chi connectivity index (χ0) is 18.5. The topological polar surface area (TPSA) is 87.0 Å². The first-order valence-electron chi connectivity index (χ1n) is 8.69. The van der Waals surface area contributed by atoms with E-state index in [9.17, 15) is 4.79 Å². The summed E-state index contributed by atoms with van der Waals surface area (Å²) in [4.78, 5) is 16.6. The Balaban J connectivity index is 1.73. The van der Waals surface area contributed by atoms with Gasteiger partial charge in [-0.2, -0.15) is 5.26 Å². The van der Waals surface area contributed by atoms with Crippen LogP contribution in [0, 0.1) is 24.2 Å². The number of anilines is 1. The summed E-state index contributed by atoms with van der Waals surface area (Å²) in [5.74, 6) is 0.459. The van der Waals surface area contributed by atoms with Crippen molar-refractivity contribution in [1.29, 1.82) is 5.26 Å². The van der Waals surface area contributed by atoms with Crippen molar-refractivity contribution in [3.8, 4) is 23.1 Å². The van der Waals surface area contributed by atoms with Crippen LogP contribution in [0.3, 0.4) is 0 Å². The molecule has 1 heterocycles. The Morgan fingerprint density at radius 1 is 1.27 bits per heavy atom. The molecule has 0 saturated heterocycles. The first-order chi connectivity index (χ1) is 12.6. The van der Waals surface area contributed by atoms with Gasteiger partial charge in [0.2, 0.25) is 5.88 Å². The van der Waals surface area contributed by atoms with Gasteiger partial charge in [0, 0.05) is 29.6 Å². The van der Waals surface area contributed by atoms with Gasteiger partial charge >= 0.3 is 6.03 Å². The minimum Gasteiger partial charge on any atom is -0.481 e. The number of carbonyl (C=O) groups is 1. The van der Waals surface area contributed by atoms with Crippen LogP contribution in [-0.4, -0.2) is 24.2 Å². The van der Waals surface area contributed by atoms with Crippen molar-refractivity contribution in [1.82, 2.24) is 10.3 Å².